The summed E-state index contributed by atoms with van der Waals surface area (Å²) >= 11 is 0. The van der Waals surface area contributed by atoms with E-state index in [2.05, 4.69) is 310 Å². The molecule has 412 valence electrons. The molecule has 0 atom stereocenters. The normalized spacial score (nSPS) is 13.4. The average Bonchev–Trinajstić information content (AvgIpc) is 1.20. The number of fused-ring (bicyclic) bond motifs is 11. The maximum atomic E-state index is 8.09. The Balaban J connectivity index is 0.988. The summed E-state index contributed by atoms with van der Waals surface area (Å²) in [5.74, 6) is 3.35. The highest BCUT2D eigenvalue weighted by molar-refractivity contribution is 7.03. The van der Waals surface area contributed by atoms with E-state index >= 15 is 0 Å². The Kier molecular flexibility index (Phi) is 11.5. The molecular weight excluding hydrogens is 1060 g/mol. The lowest BCUT2D eigenvalue weighted by Crippen LogP contribution is -2.65. The minimum Gasteiger partial charge on any atom is -0.459 e. The lowest BCUT2D eigenvalue weighted by atomic mass is 9.29. The smallest absolute Gasteiger partial charge is 0.260 e. The molecule has 0 fully saturated rings. The number of benzene rings is 12. The van der Waals surface area contributed by atoms with Crippen molar-refractivity contribution in [2.75, 3.05) is 19.6 Å². The second-order valence-corrected chi connectivity index (χ2v) is 24.3. The van der Waals surface area contributed by atoms with Crippen molar-refractivity contribution in [1.82, 2.24) is 0 Å². The Morgan fingerprint density at radius 2 is 0.747 bits per heavy atom. The van der Waals surface area contributed by atoms with E-state index in [-0.39, 0.29) is 20.1 Å². The molecular formula is C78H59B3N4O2. The van der Waals surface area contributed by atoms with Crippen LogP contribution in [0.25, 0.3) is 0 Å². The van der Waals surface area contributed by atoms with Gasteiger partial charge in [0, 0.05) is 74.5 Å². The van der Waals surface area contributed by atoms with E-state index in [4.69, 9.17) is 9.47 Å². The van der Waals surface area contributed by atoms with Gasteiger partial charge in [-0.3, -0.25) is 0 Å². The van der Waals surface area contributed by atoms with Crippen LogP contribution in [-0.2, 0) is 0 Å². The van der Waals surface area contributed by atoms with Gasteiger partial charge in [0.2, 0.25) is 0 Å². The summed E-state index contributed by atoms with van der Waals surface area (Å²) in [5, 5.41) is 0. The summed E-state index contributed by atoms with van der Waals surface area (Å²) in [6.45, 7) is 13.0. The van der Waals surface area contributed by atoms with Gasteiger partial charge in [-0.15, -0.1) is 0 Å². The van der Waals surface area contributed by atoms with Gasteiger partial charge in [-0.25, -0.2) is 0 Å². The first kappa shape index (κ1) is 51.1. The van der Waals surface area contributed by atoms with Crippen molar-refractivity contribution in [2.45, 2.75) is 41.5 Å². The van der Waals surface area contributed by atoms with E-state index < -0.39 is 0 Å². The summed E-state index contributed by atoms with van der Waals surface area (Å²) in [7, 11) is 0. The molecule has 12 aromatic carbocycles. The van der Waals surface area contributed by atoms with Gasteiger partial charge in [0.25, 0.3) is 20.1 Å². The molecule has 0 spiro atoms. The van der Waals surface area contributed by atoms with Crippen molar-refractivity contribution in [1.29, 1.82) is 0 Å². The van der Waals surface area contributed by atoms with Gasteiger partial charge in [0.05, 0.1) is 11.4 Å². The Labute approximate surface area is 510 Å². The zero-order valence-electron chi connectivity index (χ0n) is 49.5. The fourth-order valence-electron chi connectivity index (χ4n) is 15.8. The molecule has 0 saturated heterocycles. The largest absolute Gasteiger partial charge is 0.459 e. The van der Waals surface area contributed by atoms with Gasteiger partial charge >= 0.3 is 0 Å². The summed E-state index contributed by atoms with van der Waals surface area (Å²) in [6, 6.07) is 91.7. The van der Waals surface area contributed by atoms with Crippen LogP contribution in [0.5, 0.6) is 23.0 Å². The molecule has 5 heterocycles. The molecule has 0 unspecified atom stereocenters. The zero-order valence-corrected chi connectivity index (χ0v) is 49.5. The molecule has 87 heavy (non-hydrogen) atoms. The first-order chi connectivity index (χ1) is 42.7. The summed E-state index contributed by atoms with van der Waals surface area (Å²) < 4.78 is 15.4. The van der Waals surface area contributed by atoms with Crippen molar-refractivity contribution < 1.29 is 9.47 Å². The van der Waals surface area contributed by atoms with Gasteiger partial charge in [0.1, 0.15) is 23.0 Å². The molecule has 5 aliphatic rings. The van der Waals surface area contributed by atoms with Gasteiger partial charge in [0.15, 0.2) is 0 Å². The summed E-state index contributed by atoms with van der Waals surface area (Å²) in [5.41, 5.74) is 31.3. The van der Waals surface area contributed by atoms with Crippen LogP contribution < -0.4 is 78.2 Å². The Morgan fingerprint density at radius 3 is 1.33 bits per heavy atom. The number of hydrogen-bond donors (Lipinski definition) is 0. The minimum atomic E-state index is -0.230. The van der Waals surface area contributed by atoms with Crippen molar-refractivity contribution in [3.05, 3.63) is 282 Å². The van der Waals surface area contributed by atoms with Crippen molar-refractivity contribution in [3.8, 4) is 23.0 Å². The second-order valence-electron chi connectivity index (χ2n) is 24.3. The molecule has 0 aromatic heterocycles. The van der Waals surface area contributed by atoms with E-state index in [1.54, 1.807) is 0 Å². The van der Waals surface area contributed by atoms with Gasteiger partial charge in [-0.2, -0.15) is 0 Å². The Hall–Kier alpha value is -10.4. The quantitative estimate of drug-likeness (QED) is 0.148. The molecule has 17 rings (SSSR count). The molecule has 9 heteroatoms. The van der Waals surface area contributed by atoms with Crippen molar-refractivity contribution in [2.24, 2.45) is 0 Å². The van der Waals surface area contributed by atoms with Crippen molar-refractivity contribution in [3.63, 3.8) is 0 Å². The van der Waals surface area contributed by atoms with Crippen LogP contribution in [0.2, 0.25) is 0 Å². The summed E-state index contributed by atoms with van der Waals surface area (Å²) in [4.78, 5) is 9.96. The number of aryl methyl sites for hydroxylation is 6. The highest BCUT2D eigenvalue weighted by Crippen LogP contribution is 2.51. The molecule has 0 N–H and O–H groups in total. The van der Waals surface area contributed by atoms with E-state index in [0.29, 0.717) is 0 Å². The second kappa shape index (κ2) is 19.6. The molecule has 6 nitrogen and oxygen atoms in total. The Bertz CT molecular complexity index is 4740. The van der Waals surface area contributed by atoms with Gasteiger partial charge in [-0.1, -0.05) is 185 Å². The molecule has 0 saturated carbocycles. The van der Waals surface area contributed by atoms with Gasteiger partial charge < -0.3 is 29.1 Å². The third-order valence-corrected chi connectivity index (χ3v) is 18.9. The third-order valence-electron chi connectivity index (χ3n) is 18.9. The Morgan fingerprint density at radius 1 is 0.287 bits per heavy atom. The van der Waals surface area contributed by atoms with E-state index in [0.717, 1.165) is 113 Å². The molecule has 5 aliphatic heterocycles. The lowest BCUT2D eigenvalue weighted by Gasteiger charge is -2.46. The molecule has 0 bridgehead atoms. The van der Waals surface area contributed by atoms with E-state index in [1.165, 1.54) is 60.7 Å². The topological polar surface area (TPSA) is 31.4 Å². The predicted octanol–water partition coefficient (Wildman–Crippen LogP) is 14.1. The number of anilines is 12. The van der Waals surface area contributed by atoms with Crippen LogP contribution in [0.3, 0.4) is 0 Å². The predicted molar refractivity (Wildman–Crippen MR) is 367 cm³/mol. The van der Waals surface area contributed by atoms with Crippen LogP contribution in [-0.4, -0.2) is 20.1 Å². The zero-order chi connectivity index (χ0) is 58.3. The van der Waals surface area contributed by atoms with Crippen LogP contribution in [0.4, 0.5) is 68.2 Å². The average molecular weight is 1120 g/mol. The van der Waals surface area contributed by atoms with E-state index in [9.17, 15) is 0 Å². The SMILES string of the molecule is Cc1cc(C)c(B2c3ccccc3N(c3ccccc3)c3cc4c5c(c32)Oc2cc3c(cc2B5c2ccccc2O4)B2c4ccccc4N(c4ccccc4)c4cc(N(c5ccccc5)c5ccccc5)cc(c42)N3c2c(C)cc(C)cc2C)c(C)c1. The highest BCUT2D eigenvalue weighted by atomic mass is 16.5. The number of para-hydroxylation sites is 7. The summed E-state index contributed by atoms with van der Waals surface area (Å²) in [6.07, 6.45) is 0. The molecule has 0 aliphatic carbocycles. The number of rotatable bonds is 7. The lowest BCUT2D eigenvalue weighted by molar-refractivity contribution is 0.467. The monoisotopic (exact) mass is 1120 g/mol. The molecule has 12 aromatic rings. The fourth-order valence-corrected chi connectivity index (χ4v) is 15.8. The minimum absolute atomic E-state index is 0.169. The molecule has 0 amide bonds. The number of ether oxygens (including phenoxy) is 2. The highest BCUT2D eigenvalue weighted by Gasteiger charge is 2.50. The maximum Gasteiger partial charge on any atom is 0.260 e. The maximum absolute atomic E-state index is 8.09. The number of hydrogen-bond acceptors (Lipinski definition) is 6. The van der Waals surface area contributed by atoms with Crippen LogP contribution >= 0.6 is 0 Å². The molecule has 0 radical (unpaired) electrons. The standard InChI is InChI=1S/C78H59B3N4O2/c1-48-39-50(3)73(51(4)40-48)81-60-34-20-23-37-65(60)84(57-31-17-10-18-32-57)69-47-72-76-78(75(69)81)87-71-46-66-62(45-63(71)80(76)61-35-21-24-38-70(61)86-72)79-59-33-19-22-36-64(59)83(56-29-15-9-16-30-56)67-43-58(82(54-25-11-7-12-26-54)55-27-13-8-14-28-55)44-68(74(67)79)85(66)77-52(5)41-49(2)42-53(77)6/h7-47H,1-6H3. The van der Waals surface area contributed by atoms with E-state index in [1.807, 2.05) is 0 Å². The van der Waals surface area contributed by atoms with Gasteiger partial charge in [-0.05, 0) is 170 Å². The van der Waals surface area contributed by atoms with Crippen LogP contribution in [0, 0.1) is 41.5 Å². The van der Waals surface area contributed by atoms with Crippen molar-refractivity contribution >= 4 is 138 Å². The van der Waals surface area contributed by atoms with Crippen LogP contribution in [0.1, 0.15) is 33.4 Å². The fraction of sp³-hybridized carbons (Fsp3) is 0.0769. The first-order valence-electron chi connectivity index (χ1n) is 30.4. The van der Waals surface area contributed by atoms with Crippen LogP contribution in [0.15, 0.2) is 249 Å². The number of nitrogens with zero attached hydrogens (tertiary/aromatic N) is 4. The first-order valence-corrected chi connectivity index (χ1v) is 30.4. The third kappa shape index (κ3) is 7.71.